The summed E-state index contributed by atoms with van der Waals surface area (Å²) in [5, 5.41) is 0.414. The highest BCUT2D eigenvalue weighted by molar-refractivity contribution is 9.10. The number of rotatable bonds is 5. The molecule has 6 heteroatoms. The van der Waals surface area contributed by atoms with Crippen molar-refractivity contribution in [3.8, 4) is 0 Å². The summed E-state index contributed by atoms with van der Waals surface area (Å²) in [6.07, 6.45) is 0.234. The van der Waals surface area contributed by atoms with Gasteiger partial charge in [-0.25, -0.2) is 0 Å². The van der Waals surface area contributed by atoms with Gasteiger partial charge in [-0.3, -0.25) is 4.79 Å². The smallest absolute Gasteiger partial charge is 0.306 e. The Labute approximate surface area is 134 Å². The number of hydrogen-bond donors (Lipinski definition) is 0. The molecule has 0 aliphatic heterocycles. The third-order valence-corrected chi connectivity index (χ3v) is 5.00. The number of thiocarbonyl (C=S) groups is 1. The zero-order chi connectivity index (χ0) is 14.4. The van der Waals surface area contributed by atoms with Crippen LogP contribution in [0.4, 0.5) is 0 Å². The van der Waals surface area contributed by atoms with Gasteiger partial charge in [0.1, 0.15) is 0 Å². The molecular weight excluding hydrogens is 396 g/mol. The Morgan fingerprint density at radius 1 is 1.26 bits per heavy atom. The molecule has 0 N–H and O–H groups in total. The first-order chi connectivity index (χ1) is 8.99. The van der Waals surface area contributed by atoms with Gasteiger partial charge in [-0.1, -0.05) is 44.0 Å². The number of alkyl halides is 1. The lowest BCUT2D eigenvalue weighted by atomic mass is 9.93. The van der Waals surface area contributed by atoms with Crippen LogP contribution in [0.2, 0.25) is 0 Å². The fourth-order valence-corrected chi connectivity index (χ4v) is 2.75. The minimum absolute atomic E-state index is 0.131. The topological polar surface area (TPSA) is 35.5 Å². The van der Waals surface area contributed by atoms with Crippen molar-refractivity contribution in [1.29, 1.82) is 0 Å². The lowest BCUT2D eigenvalue weighted by Crippen LogP contribution is -2.25. The number of hydrogen-bond acceptors (Lipinski definition) is 4. The van der Waals surface area contributed by atoms with Gasteiger partial charge in [-0.15, -0.1) is 0 Å². The van der Waals surface area contributed by atoms with Gasteiger partial charge in [0.2, 0.25) is 0 Å². The number of halogens is 2. The molecule has 3 nitrogen and oxygen atoms in total. The first-order valence-electron chi connectivity index (χ1n) is 5.53. The molecule has 1 rings (SSSR count). The zero-order valence-corrected chi connectivity index (χ0v) is 14.5. The summed E-state index contributed by atoms with van der Waals surface area (Å²) < 4.78 is 10.8. The van der Waals surface area contributed by atoms with Crippen LogP contribution in [0.5, 0.6) is 0 Å². The summed E-state index contributed by atoms with van der Waals surface area (Å²) in [4.78, 5) is 11.3. The number of benzene rings is 1. The molecule has 0 aliphatic rings. The van der Waals surface area contributed by atoms with Crippen molar-refractivity contribution in [2.24, 2.45) is 0 Å². The second kappa shape index (κ2) is 7.97. The molecule has 0 fully saturated rings. The summed E-state index contributed by atoms with van der Waals surface area (Å²) in [7, 11) is 2.90. The second-order valence-corrected chi connectivity index (χ2v) is 6.17. The third kappa shape index (κ3) is 4.85. The van der Waals surface area contributed by atoms with E-state index < -0.39 is 0 Å². The van der Waals surface area contributed by atoms with E-state index in [1.807, 2.05) is 24.3 Å². The van der Waals surface area contributed by atoms with E-state index in [2.05, 4.69) is 31.9 Å². The van der Waals surface area contributed by atoms with Crippen LogP contribution in [0.3, 0.4) is 0 Å². The zero-order valence-electron chi connectivity index (χ0n) is 10.6. The molecule has 0 radical (unpaired) electrons. The van der Waals surface area contributed by atoms with Crippen LogP contribution in [0, 0.1) is 0 Å². The quantitative estimate of drug-likeness (QED) is 0.420. The molecule has 0 bridgehead atoms. The van der Waals surface area contributed by atoms with Crippen molar-refractivity contribution in [2.45, 2.75) is 17.2 Å². The van der Waals surface area contributed by atoms with E-state index >= 15 is 0 Å². The molecule has 0 aliphatic carbocycles. The molecule has 0 heterocycles. The number of methoxy groups -OCH3 is 2. The molecule has 1 aromatic rings. The van der Waals surface area contributed by atoms with Crippen molar-refractivity contribution in [3.63, 3.8) is 0 Å². The van der Waals surface area contributed by atoms with Crippen LogP contribution in [0.25, 0.3) is 0 Å². The largest absolute Gasteiger partial charge is 0.489 e. The molecular formula is C13H14Br2O3S. The van der Waals surface area contributed by atoms with Gasteiger partial charge in [0.05, 0.1) is 25.5 Å². The van der Waals surface area contributed by atoms with E-state index in [9.17, 15) is 4.79 Å². The molecule has 0 amide bonds. The molecule has 19 heavy (non-hydrogen) atoms. The maximum Gasteiger partial charge on any atom is 0.306 e. The first kappa shape index (κ1) is 16.6. The van der Waals surface area contributed by atoms with E-state index in [4.69, 9.17) is 21.7 Å². The van der Waals surface area contributed by atoms with Crippen LogP contribution in [-0.4, -0.2) is 30.1 Å². The minimum atomic E-state index is -0.281. The highest BCUT2D eigenvalue weighted by Gasteiger charge is 2.28. The van der Waals surface area contributed by atoms with Crippen molar-refractivity contribution < 1.29 is 14.3 Å². The lowest BCUT2D eigenvalue weighted by molar-refractivity contribution is -0.141. The average molecular weight is 410 g/mol. The standard InChI is InChI=1S/C13H14Br2O3S/c1-17-11(16)7-10(12(15)13(19)18-2)8-3-5-9(14)6-4-8/h3-6,10,12H,7H2,1-2H3. The highest BCUT2D eigenvalue weighted by Crippen LogP contribution is 2.31. The van der Waals surface area contributed by atoms with E-state index in [1.54, 1.807) is 0 Å². The van der Waals surface area contributed by atoms with E-state index in [1.165, 1.54) is 14.2 Å². The summed E-state index contributed by atoms with van der Waals surface area (Å²) in [6.45, 7) is 0. The third-order valence-electron chi connectivity index (χ3n) is 2.69. The molecule has 0 saturated heterocycles. The van der Waals surface area contributed by atoms with Gasteiger partial charge in [0, 0.05) is 10.4 Å². The Morgan fingerprint density at radius 2 is 1.84 bits per heavy atom. The number of carbonyl (C=O) groups is 1. The minimum Gasteiger partial charge on any atom is -0.489 e. The number of esters is 1. The van der Waals surface area contributed by atoms with Crippen molar-refractivity contribution in [1.82, 2.24) is 0 Å². The van der Waals surface area contributed by atoms with Crippen molar-refractivity contribution in [3.05, 3.63) is 34.3 Å². The van der Waals surface area contributed by atoms with Gasteiger partial charge in [0.25, 0.3) is 0 Å². The van der Waals surface area contributed by atoms with Crippen molar-refractivity contribution in [2.75, 3.05) is 14.2 Å². The van der Waals surface area contributed by atoms with Crippen molar-refractivity contribution >= 4 is 55.1 Å². The maximum atomic E-state index is 11.5. The first-order valence-corrected chi connectivity index (χ1v) is 7.65. The van der Waals surface area contributed by atoms with Crippen LogP contribution >= 0.6 is 44.1 Å². The summed E-state index contributed by atoms with van der Waals surface area (Å²) in [6, 6.07) is 7.75. The predicted octanol–water partition coefficient (Wildman–Crippen LogP) is 3.83. The fourth-order valence-electron chi connectivity index (χ4n) is 1.64. The Kier molecular flexibility index (Phi) is 6.96. The number of ether oxygens (including phenoxy) is 2. The normalized spacial score (nSPS) is 13.5. The molecule has 104 valence electrons. The SMILES string of the molecule is COC(=O)CC(c1ccc(Br)cc1)C(Br)C(=S)OC. The molecule has 0 spiro atoms. The summed E-state index contributed by atoms with van der Waals surface area (Å²) in [5.74, 6) is -0.413. The predicted molar refractivity (Wildman–Crippen MR) is 85.8 cm³/mol. The lowest BCUT2D eigenvalue weighted by Gasteiger charge is -2.22. The molecule has 2 unspecified atom stereocenters. The van der Waals surface area contributed by atoms with Crippen LogP contribution in [0.1, 0.15) is 17.9 Å². The average Bonchev–Trinajstić information content (AvgIpc) is 2.43. The van der Waals surface area contributed by atoms with Gasteiger partial charge in [0.15, 0.2) is 5.05 Å². The van der Waals surface area contributed by atoms with E-state index in [-0.39, 0.29) is 23.1 Å². The second-order valence-electron chi connectivity index (χ2n) is 3.86. The van der Waals surface area contributed by atoms with Gasteiger partial charge in [-0.05, 0) is 29.9 Å². The number of carbonyl (C=O) groups excluding carboxylic acids is 1. The Morgan fingerprint density at radius 3 is 2.32 bits per heavy atom. The monoisotopic (exact) mass is 408 g/mol. The maximum absolute atomic E-state index is 11.5. The Balaban J connectivity index is 3.00. The Bertz CT molecular complexity index is 448. The summed E-state index contributed by atoms with van der Waals surface area (Å²) >= 11 is 12.0. The Hall–Kier alpha value is -0.460. The highest BCUT2D eigenvalue weighted by atomic mass is 79.9. The molecule has 1 aromatic carbocycles. The summed E-state index contributed by atoms with van der Waals surface area (Å²) in [5.41, 5.74) is 0.995. The fraction of sp³-hybridized carbons (Fsp3) is 0.385. The van der Waals surface area contributed by atoms with Gasteiger partial charge >= 0.3 is 5.97 Å². The molecule has 2 atom stereocenters. The van der Waals surface area contributed by atoms with Gasteiger partial charge < -0.3 is 9.47 Å². The van der Waals surface area contributed by atoms with Crippen LogP contribution in [0.15, 0.2) is 28.7 Å². The van der Waals surface area contributed by atoms with Gasteiger partial charge in [-0.2, -0.15) is 0 Å². The molecule has 0 aromatic heterocycles. The molecule has 0 saturated carbocycles. The van der Waals surface area contributed by atoms with E-state index in [0.717, 1.165) is 10.0 Å². The van der Waals surface area contributed by atoms with E-state index in [0.29, 0.717) is 5.05 Å². The van der Waals surface area contributed by atoms with Crippen LogP contribution < -0.4 is 0 Å². The van der Waals surface area contributed by atoms with Crippen LogP contribution in [-0.2, 0) is 14.3 Å².